The van der Waals surface area contributed by atoms with Crippen molar-refractivity contribution in [1.29, 1.82) is 0 Å². The highest BCUT2D eigenvalue weighted by Gasteiger charge is 2.30. The Morgan fingerprint density at radius 1 is 0.974 bits per heavy atom. The molecule has 0 saturated heterocycles. The van der Waals surface area contributed by atoms with Crippen molar-refractivity contribution in [2.24, 2.45) is 0 Å². The highest BCUT2D eigenvalue weighted by atomic mass is 32.2. The topological polar surface area (TPSA) is 59.7 Å². The fourth-order valence-electron chi connectivity index (χ4n) is 3.98. The van der Waals surface area contributed by atoms with Crippen LogP contribution in [-0.2, 0) is 29.6 Å². The lowest BCUT2D eigenvalue weighted by molar-refractivity contribution is -0.139. The van der Waals surface area contributed by atoms with E-state index in [0.29, 0.717) is 29.2 Å². The van der Waals surface area contributed by atoms with E-state index in [1.165, 1.54) is 23.3 Å². The molecule has 0 bridgehead atoms. The van der Waals surface area contributed by atoms with Gasteiger partial charge in [-0.25, -0.2) is 4.79 Å². The Hall–Kier alpha value is -3.65. The van der Waals surface area contributed by atoms with Gasteiger partial charge in [0.15, 0.2) is 6.61 Å². The van der Waals surface area contributed by atoms with Crippen LogP contribution in [0.4, 0.5) is 13.2 Å². The SMILES string of the molecule is Cc1ccc(CCc2oc(-c3ccc(C(F)(F)F)cc3)cc2CSc2cccc(OCC(=O)O)c2C)cc1. The first-order valence-corrected chi connectivity index (χ1v) is 13.0. The predicted octanol–water partition coefficient (Wildman–Crippen LogP) is 8.12. The molecule has 0 saturated carbocycles. The van der Waals surface area contributed by atoms with Crippen molar-refractivity contribution in [2.45, 2.75) is 43.5 Å². The minimum atomic E-state index is -4.40. The van der Waals surface area contributed by atoms with Gasteiger partial charge in [-0.2, -0.15) is 13.2 Å². The van der Waals surface area contributed by atoms with E-state index in [0.717, 1.165) is 40.3 Å². The van der Waals surface area contributed by atoms with Gasteiger partial charge in [-0.3, -0.25) is 0 Å². The zero-order chi connectivity index (χ0) is 27.3. The molecule has 0 amide bonds. The first-order chi connectivity index (χ1) is 18.1. The van der Waals surface area contributed by atoms with Crippen LogP contribution in [-0.4, -0.2) is 17.7 Å². The van der Waals surface area contributed by atoms with Crippen LogP contribution in [0.3, 0.4) is 0 Å². The Balaban J connectivity index is 1.57. The first-order valence-electron chi connectivity index (χ1n) is 12.0. The van der Waals surface area contributed by atoms with Gasteiger partial charge in [0, 0.05) is 33.8 Å². The average molecular weight is 541 g/mol. The number of furan rings is 1. The molecule has 1 N–H and O–H groups in total. The highest BCUT2D eigenvalue weighted by Crippen LogP contribution is 2.36. The third-order valence-electron chi connectivity index (χ3n) is 6.12. The van der Waals surface area contributed by atoms with Crippen molar-refractivity contribution < 1.29 is 32.2 Å². The number of halogens is 3. The maximum atomic E-state index is 13.0. The summed E-state index contributed by atoms with van der Waals surface area (Å²) in [5.74, 6) is 1.33. The first kappa shape index (κ1) is 27.4. The van der Waals surface area contributed by atoms with Gasteiger partial charge >= 0.3 is 12.1 Å². The molecule has 38 heavy (non-hydrogen) atoms. The lowest BCUT2D eigenvalue weighted by atomic mass is 10.1. The number of alkyl halides is 3. The molecule has 0 aliphatic heterocycles. The van der Waals surface area contributed by atoms with E-state index in [2.05, 4.69) is 24.3 Å². The third-order valence-corrected chi connectivity index (χ3v) is 7.33. The molecule has 1 aromatic heterocycles. The van der Waals surface area contributed by atoms with Gasteiger partial charge in [0.25, 0.3) is 0 Å². The van der Waals surface area contributed by atoms with Crippen molar-refractivity contribution in [3.63, 3.8) is 0 Å². The van der Waals surface area contributed by atoms with Crippen molar-refractivity contribution in [3.05, 3.63) is 106 Å². The van der Waals surface area contributed by atoms with E-state index in [1.54, 1.807) is 17.8 Å². The second-order valence-electron chi connectivity index (χ2n) is 8.97. The standard InChI is InChI=1S/C30H27F3O4S/c1-19-6-8-21(9-7-19)10-15-26-23(16-27(37-26)22-11-13-24(14-12-22)30(31,32)33)18-38-28-5-3-4-25(20(28)2)36-17-29(34)35/h3-9,11-14,16H,10,15,17-18H2,1-2H3,(H,34,35). The van der Waals surface area contributed by atoms with Crippen LogP contribution in [0.15, 0.2) is 82.1 Å². The van der Waals surface area contributed by atoms with Crippen molar-refractivity contribution in [1.82, 2.24) is 0 Å². The molecule has 0 unspecified atom stereocenters. The monoisotopic (exact) mass is 540 g/mol. The summed E-state index contributed by atoms with van der Waals surface area (Å²) in [4.78, 5) is 11.8. The number of carbonyl (C=O) groups is 1. The molecular weight excluding hydrogens is 513 g/mol. The zero-order valence-corrected chi connectivity index (χ0v) is 21.8. The molecule has 0 fully saturated rings. The fraction of sp³-hybridized carbons (Fsp3) is 0.233. The van der Waals surface area contributed by atoms with Gasteiger partial charge in [-0.1, -0.05) is 48.0 Å². The lowest BCUT2D eigenvalue weighted by Crippen LogP contribution is -2.10. The molecule has 4 aromatic rings. The van der Waals surface area contributed by atoms with Gasteiger partial charge < -0.3 is 14.3 Å². The average Bonchev–Trinajstić information content (AvgIpc) is 3.29. The Morgan fingerprint density at radius 2 is 1.68 bits per heavy atom. The number of ether oxygens (including phenoxy) is 1. The molecule has 0 spiro atoms. The van der Waals surface area contributed by atoms with E-state index >= 15 is 0 Å². The second-order valence-corrected chi connectivity index (χ2v) is 9.99. The maximum absolute atomic E-state index is 13.0. The van der Waals surface area contributed by atoms with E-state index in [9.17, 15) is 18.0 Å². The van der Waals surface area contributed by atoms with Crippen molar-refractivity contribution in [2.75, 3.05) is 6.61 Å². The van der Waals surface area contributed by atoms with Gasteiger partial charge in [0.1, 0.15) is 17.3 Å². The molecule has 3 aromatic carbocycles. The number of rotatable bonds is 10. The number of aryl methyl sites for hydroxylation is 3. The van der Waals surface area contributed by atoms with Gasteiger partial charge in [0.05, 0.1) is 5.56 Å². The summed E-state index contributed by atoms with van der Waals surface area (Å²) in [5.41, 5.74) is 4.01. The second kappa shape index (κ2) is 11.8. The molecule has 4 rings (SSSR count). The van der Waals surface area contributed by atoms with Crippen LogP contribution in [0.5, 0.6) is 5.75 Å². The summed E-state index contributed by atoms with van der Waals surface area (Å²) in [6, 6.07) is 20.6. The normalized spacial score (nSPS) is 11.5. The minimum Gasteiger partial charge on any atom is -0.482 e. The summed E-state index contributed by atoms with van der Waals surface area (Å²) in [6.07, 6.45) is -3.00. The molecule has 0 aliphatic carbocycles. The smallest absolute Gasteiger partial charge is 0.416 e. The van der Waals surface area contributed by atoms with Gasteiger partial charge in [-0.15, -0.1) is 11.8 Å². The van der Waals surface area contributed by atoms with Crippen LogP contribution in [0.2, 0.25) is 0 Å². The third kappa shape index (κ3) is 7.01. The number of carboxylic acid groups (broad SMARTS) is 1. The van der Waals surface area contributed by atoms with Crippen LogP contribution in [0, 0.1) is 13.8 Å². The Morgan fingerprint density at radius 3 is 2.34 bits per heavy atom. The van der Waals surface area contributed by atoms with Crippen LogP contribution in [0.25, 0.3) is 11.3 Å². The predicted molar refractivity (Wildman–Crippen MR) is 142 cm³/mol. The molecule has 4 nitrogen and oxygen atoms in total. The van der Waals surface area contributed by atoms with E-state index in [-0.39, 0.29) is 0 Å². The van der Waals surface area contributed by atoms with Crippen molar-refractivity contribution in [3.8, 4) is 17.1 Å². The van der Waals surface area contributed by atoms with Crippen LogP contribution < -0.4 is 4.74 Å². The van der Waals surface area contributed by atoms with E-state index < -0.39 is 24.3 Å². The summed E-state index contributed by atoms with van der Waals surface area (Å²) >= 11 is 1.56. The molecule has 0 atom stereocenters. The fourth-order valence-corrected chi connectivity index (χ4v) is 5.03. The molecule has 198 valence electrons. The molecule has 1 heterocycles. The Labute approximate surface area is 223 Å². The Bertz CT molecular complexity index is 1390. The molecule has 0 aliphatic rings. The Kier molecular flexibility index (Phi) is 8.52. The number of benzene rings is 3. The number of hydrogen-bond acceptors (Lipinski definition) is 4. The summed E-state index contributed by atoms with van der Waals surface area (Å²) in [7, 11) is 0. The minimum absolute atomic E-state index is 0.420. The largest absolute Gasteiger partial charge is 0.482 e. The van der Waals surface area contributed by atoms with E-state index in [1.807, 2.05) is 32.0 Å². The maximum Gasteiger partial charge on any atom is 0.416 e. The zero-order valence-electron chi connectivity index (χ0n) is 21.0. The molecule has 0 radical (unpaired) electrons. The quantitative estimate of drug-likeness (QED) is 0.206. The van der Waals surface area contributed by atoms with Crippen molar-refractivity contribution >= 4 is 17.7 Å². The summed E-state index contributed by atoms with van der Waals surface area (Å²) in [5, 5.41) is 8.92. The summed E-state index contributed by atoms with van der Waals surface area (Å²) < 4.78 is 50.7. The molecular formula is C30H27F3O4S. The van der Waals surface area contributed by atoms with E-state index in [4.69, 9.17) is 14.3 Å². The highest BCUT2D eigenvalue weighted by molar-refractivity contribution is 7.98. The number of thioether (sulfide) groups is 1. The summed E-state index contributed by atoms with van der Waals surface area (Å²) in [6.45, 7) is 3.49. The van der Waals surface area contributed by atoms with Crippen LogP contribution in [0.1, 0.15) is 33.6 Å². The van der Waals surface area contributed by atoms with Crippen LogP contribution >= 0.6 is 11.8 Å². The molecule has 8 heteroatoms. The number of aliphatic carboxylic acids is 1. The van der Waals surface area contributed by atoms with Gasteiger partial charge in [0.2, 0.25) is 0 Å². The van der Waals surface area contributed by atoms with Gasteiger partial charge in [-0.05, 0) is 56.2 Å². The lowest BCUT2D eigenvalue weighted by Gasteiger charge is -2.11. The number of carboxylic acids is 1. The number of hydrogen-bond donors (Lipinski definition) is 1.